The molecule has 0 fully saturated rings. The summed E-state index contributed by atoms with van der Waals surface area (Å²) in [4.78, 5) is 10.4. The maximum atomic E-state index is 10.4. The Morgan fingerprint density at radius 2 is 2.44 bits per heavy atom. The minimum absolute atomic E-state index is 0.126. The summed E-state index contributed by atoms with van der Waals surface area (Å²) < 4.78 is 4.43. The van der Waals surface area contributed by atoms with Gasteiger partial charge in [0.2, 0.25) is 0 Å². The maximum Gasteiger partial charge on any atom is 0.307 e. The van der Waals surface area contributed by atoms with Gasteiger partial charge in [0.1, 0.15) is 0 Å². The number of carbonyl (C=O) groups excluding carboxylic acids is 1. The van der Waals surface area contributed by atoms with Crippen LogP contribution in [0.3, 0.4) is 0 Å². The molecule has 0 saturated carbocycles. The van der Waals surface area contributed by atoms with Crippen molar-refractivity contribution < 1.29 is 14.7 Å². The van der Waals surface area contributed by atoms with E-state index in [1.807, 2.05) is 6.92 Å². The van der Waals surface area contributed by atoms with Gasteiger partial charge in [0.25, 0.3) is 0 Å². The molecule has 0 aliphatic rings. The molecule has 0 bridgehead atoms. The van der Waals surface area contributed by atoms with Crippen molar-refractivity contribution in [3.63, 3.8) is 0 Å². The summed E-state index contributed by atoms with van der Waals surface area (Å²) in [6.45, 7) is 1.76. The lowest BCUT2D eigenvalue weighted by atomic mass is 10.3. The summed E-state index contributed by atoms with van der Waals surface area (Å²) in [5.74, 6) is -0.293. The highest BCUT2D eigenvalue weighted by atomic mass is 16.6. The molecule has 0 aliphatic carbocycles. The Hall–Kier alpha value is -0.610. The predicted molar refractivity (Wildman–Crippen MR) is 30.8 cm³/mol. The SMILES string of the molecule is CCCC(=O)OCNO. The van der Waals surface area contributed by atoms with Gasteiger partial charge in [-0.3, -0.25) is 4.79 Å². The summed E-state index contributed by atoms with van der Waals surface area (Å²) in [5, 5.41) is 7.96. The van der Waals surface area contributed by atoms with Crippen LogP contribution in [0.1, 0.15) is 19.8 Å². The minimum atomic E-state index is -0.293. The van der Waals surface area contributed by atoms with Gasteiger partial charge in [0.15, 0.2) is 6.73 Å². The van der Waals surface area contributed by atoms with Crippen LogP contribution >= 0.6 is 0 Å². The van der Waals surface area contributed by atoms with Crippen LogP contribution in [0.4, 0.5) is 0 Å². The third kappa shape index (κ3) is 5.26. The molecule has 0 radical (unpaired) electrons. The number of ether oxygens (including phenoxy) is 1. The number of rotatable bonds is 4. The van der Waals surface area contributed by atoms with Crippen LogP contribution in [0.2, 0.25) is 0 Å². The molecule has 0 atom stereocenters. The molecule has 0 aromatic carbocycles. The lowest BCUT2D eigenvalue weighted by Gasteiger charge is -1.99. The third-order valence-corrected chi connectivity index (χ3v) is 0.752. The number of carbonyl (C=O) groups is 1. The first kappa shape index (κ1) is 8.39. The molecule has 54 valence electrons. The number of hydroxylamine groups is 1. The van der Waals surface area contributed by atoms with Crippen LogP contribution in [0, 0.1) is 0 Å². The average Bonchev–Trinajstić information content (AvgIpc) is 1.85. The van der Waals surface area contributed by atoms with Crippen molar-refractivity contribution >= 4 is 5.97 Å². The van der Waals surface area contributed by atoms with Gasteiger partial charge in [-0.25, -0.2) is 0 Å². The van der Waals surface area contributed by atoms with E-state index in [-0.39, 0.29) is 12.7 Å². The summed E-state index contributed by atoms with van der Waals surface area (Å²) in [6.07, 6.45) is 1.17. The summed E-state index contributed by atoms with van der Waals surface area (Å²) in [5.41, 5.74) is 1.71. The van der Waals surface area contributed by atoms with E-state index in [1.165, 1.54) is 0 Å². The molecule has 0 amide bonds. The molecule has 9 heavy (non-hydrogen) atoms. The van der Waals surface area contributed by atoms with Gasteiger partial charge in [-0.2, -0.15) is 5.48 Å². The molecule has 0 aliphatic heterocycles. The van der Waals surface area contributed by atoms with Crippen LogP contribution < -0.4 is 5.48 Å². The summed E-state index contributed by atoms with van der Waals surface area (Å²) >= 11 is 0. The van der Waals surface area contributed by atoms with E-state index in [2.05, 4.69) is 4.74 Å². The third-order valence-electron chi connectivity index (χ3n) is 0.752. The highest BCUT2D eigenvalue weighted by molar-refractivity contribution is 5.69. The molecule has 4 heteroatoms. The Bertz CT molecular complexity index is 84.3. The van der Waals surface area contributed by atoms with Crippen LogP contribution in [-0.2, 0) is 9.53 Å². The van der Waals surface area contributed by atoms with E-state index in [0.29, 0.717) is 6.42 Å². The van der Waals surface area contributed by atoms with E-state index in [0.717, 1.165) is 6.42 Å². The van der Waals surface area contributed by atoms with Crippen LogP contribution in [0.15, 0.2) is 0 Å². The lowest BCUT2D eigenvalue weighted by molar-refractivity contribution is -0.147. The van der Waals surface area contributed by atoms with Gasteiger partial charge in [-0.1, -0.05) is 6.92 Å². The van der Waals surface area contributed by atoms with Gasteiger partial charge in [-0.05, 0) is 6.42 Å². The van der Waals surface area contributed by atoms with Crippen molar-refractivity contribution in [2.75, 3.05) is 6.73 Å². The molecule has 0 aromatic rings. The van der Waals surface area contributed by atoms with E-state index in [9.17, 15) is 4.79 Å². The Labute approximate surface area is 53.8 Å². The fourth-order valence-electron chi connectivity index (χ4n) is 0.389. The smallest absolute Gasteiger partial charge is 0.307 e. The molecular weight excluding hydrogens is 122 g/mol. The average molecular weight is 133 g/mol. The van der Waals surface area contributed by atoms with E-state index < -0.39 is 0 Å². The normalized spacial score (nSPS) is 9.11. The maximum absolute atomic E-state index is 10.4. The van der Waals surface area contributed by atoms with Crippen LogP contribution in [0.5, 0.6) is 0 Å². The molecule has 2 N–H and O–H groups in total. The van der Waals surface area contributed by atoms with Crippen LogP contribution in [-0.4, -0.2) is 17.9 Å². The molecule has 0 spiro atoms. The minimum Gasteiger partial charge on any atom is -0.448 e. The van der Waals surface area contributed by atoms with Crippen molar-refractivity contribution in [3.8, 4) is 0 Å². The zero-order valence-electron chi connectivity index (χ0n) is 5.39. The first-order valence-electron chi connectivity index (χ1n) is 2.83. The van der Waals surface area contributed by atoms with Gasteiger partial charge in [-0.15, -0.1) is 0 Å². The fraction of sp³-hybridized carbons (Fsp3) is 0.800. The van der Waals surface area contributed by atoms with Gasteiger partial charge in [0, 0.05) is 6.42 Å². The lowest BCUT2D eigenvalue weighted by Crippen LogP contribution is -2.16. The quantitative estimate of drug-likeness (QED) is 0.328. The first-order valence-corrected chi connectivity index (χ1v) is 2.83. The van der Waals surface area contributed by atoms with E-state index >= 15 is 0 Å². The topological polar surface area (TPSA) is 58.6 Å². The van der Waals surface area contributed by atoms with E-state index in [4.69, 9.17) is 5.21 Å². The Morgan fingerprint density at radius 3 is 2.89 bits per heavy atom. The first-order chi connectivity index (χ1) is 4.31. The molecule has 0 rings (SSSR count). The summed E-state index contributed by atoms with van der Waals surface area (Å²) in [7, 11) is 0. The largest absolute Gasteiger partial charge is 0.448 e. The van der Waals surface area contributed by atoms with Crippen molar-refractivity contribution in [1.29, 1.82) is 0 Å². The number of hydrogen-bond donors (Lipinski definition) is 2. The second-order valence-corrected chi connectivity index (χ2v) is 1.57. The predicted octanol–water partition coefficient (Wildman–Crippen LogP) is 0.266. The second-order valence-electron chi connectivity index (χ2n) is 1.57. The number of hydrogen-bond acceptors (Lipinski definition) is 4. The monoisotopic (exact) mass is 133 g/mol. The molecule has 0 saturated heterocycles. The molecule has 4 nitrogen and oxygen atoms in total. The Morgan fingerprint density at radius 1 is 1.78 bits per heavy atom. The van der Waals surface area contributed by atoms with Gasteiger partial charge >= 0.3 is 5.97 Å². The second kappa shape index (κ2) is 5.53. The zero-order valence-corrected chi connectivity index (χ0v) is 5.39. The fourth-order valence-corrected chi connectivity index (χ4v) is 0.389. The number of nitrogens with one attached hydrogen (secondary N) is 1. The molecule has 0 aromatic heterocycles. The van der Waals surface area contributed by atoms with E-state index in [1.54, 1.807) is 5.48 Å². The van der Waals surface area contributed by atoms with Crippen molar-refractivity contribution in [1.82, 2.24) is 5.48 Å². The Balaban J connectivity index is 3.06. The number of esters is 1. The van der Waals surface area contributed by atoms with Crippen molar-refractivity contribution in [2.45, 2.75) is 19.8 Å². The highest BCUT2D eigenvalue weighted by Gasteiger charge is 1.97. The standard InChI is InChI=1S/C5H11NO3/c1-2-3-5(7)9-4-6-8/h6,8H,2-4H2,1H3. The zero-order chi connectivity index (χ0) is 7.11. The van der Waals surface area contributed by atoms with Crippen LogP contribution in [0.25, 0.3) is 0 Å². The van der Waals surface area contributed by atoms with Crippen molar-refractivity contribution in [3.05, 3.63) is 0 Å². The highest BCUT2D eigenvalue weighted by Crippen LogP contribution is 1.88. The Kier molecular flexibility index (Phi) is 5.15. The van der Waals surface area contributed by atoms with Crippen molar-refractivity contribution in [2.24, 2.45) is 0 Å². The van der Waals surface area contributed by atoms with Gasteiger partial charge in [0.05, 0.1) is 0 Å². The molecule has 0 heterocycles. The molecule has 0 unspecified atom stereocenters. The molecular formula is C5H11NO3. The van der Waals surface area contributed by atoms with Gasteiger partial charge < -0.3 is 9.94 Å². The summed E-state index contributed by atoms with van der Waals surface area (Å²) in [6, 6.07) is 0.